The molecular weight excluding hydrogens is 226 g/mol. The molecule has 1 unspecified atom stereocenters. The van der Waals surface area contributed by atoms with Crippen molar-refractivity contribution < 1.29 is 0 Å². The van der Waals surface area contributed by atoms with E-state index in [4.69, 9.17) is 0 Å². The largest absolute Gasteiger partial charge is 0.306 e. The van der Waals surface area contributed by atoms with Crippen molar-refractivity contribution in [2.75, 3.05) is 6.54 Å². The zero-order valence-electron chi connectivity index (χ0n) is 10.7. The average Bonchev–Trinajstić information content (AvgIpc) is 2.71. The molecule has 0 amide bonds. The molecule has 1 aromatic heterocycles. The maximum atomic E-state index is 3.53. The molecule has 1 nitrogen and oxygen atoms in total. The van der Waals surface area contributed by atoms with Gasteiger partial charge in [-0.25, -0.2) is 0 Å². The molecule has 2 aromatic rings. The van der Waals surface area contributed by atoms with Crippen LogP contribution in [-0.4, -0.2) is 6.54 Å². The lowest BCUT2D eigenvalue weighted by Gasteiger charge is -2.09. The molecule has 90 valence electrons. The maximum Gasteiger partial charge on any atom is 0.0389 e. The Labute approximate surface area is 107 Å². The lowest BCUT2D eigenvalue weighted by atomic mass is 10.2. The van der Waals surface area contributed by atoms with Crippen LogP contribution in [0.15, 0.2) is 42.0 Å². The summed E-state index contributed by atoms with van der Waals surface area (Å²) in [5.41, 5.74) is 1.36. The van der Waals surface area contributed by atoms with Crippen molar-refractivity contribution in [1.82, 2.24) is 5.32 Å². The summed E-state index contributed by atoms with van der Waals surface area (Å²) in [6, 6.07) is 11.3. The smallest absolute Gasteiger partial charge is 0.0389 e. The predicted molar refractivity (Wildman–Crippen MR) is 77.7 cm³/mol. The zero-order valence-corrected chi connectivity index (χ0v) is 11.5. The molecule has 0 spiro atoms. The Morgan fingerprint density at radius 2 is 2.12 bits per heavy atom. The molecule has 1 atom stereocenters. The summed E-state index contributed by atoms with van der Waals surface area (Å²) in [6.45, 7) is 7.43. The first-order chi connectivity index (χ1) is 8.16. The van der Waals surface area contributed by atoms with E-state index in [0.717, 1.165) is 6.54 Å². The second-order valence-electron chi connectivity index (χ2n) is 4.60. The van der Waals surface area contributed by atoms with Crippen molar-refractivity contribution in [3.63, 3.8) is 0 Å². The molecule has 0 aliphatic carbocycles. The van der Waals surface area contributed by atoms with E-state index in [1.807, 2.05) is 11.3 Å². The molecule has 17 heavy (non-hydrogen) atoms. The third kappa shape index (κ3) is 3.18. The minimum Gasteiger partial charge on any atom is -0.306 e. The summed E-state index contributed by atoms with van der Waals surface area (Å²) in [5.74, 6) is 0. The molecule has 1 aromatic carbocycles. The van der Waals surface area contributed by atoms with Crippen LogP contribution in [0, 0.1) is 0 Å². The van der Waals surface area contributed by atoms with Gasteiger partial charge in [-0.3, -0.25) is 0 Å². The third-order valence-corrected chi connectivity index (χ3v) is 4.10. The normalized spacial score (nSPS) is 12.6. The summed E-state index contributed by atoms with van der Waals surface area (Å²) in [4.78, 5) is 1.41. The fraction of sp³-hybridized carbons (Fsp3) is 0.333. The summed E-state index contributed by atoms with van der Waals surface area (Å²) in [5, 5.41) is 4.88. The van der Waals surface area contributed by atoms with Crippen LogP contribution in [-0.2, 0) is 0 Å². The van der Waals surface area contributed by atoms with E-state index in [0.29, 0.717) is 6.04 Å². The second-order valence-corrected chi connectivity index (χ2v) is 5.71. The van der Waals surface area contributed by atoms with Crippen LogP contribution in [0.5, 0.6) is 0 Å². The topological polar surface area (TPSA) is 12.0 Å². The van der Waals surface area contributed by atoms with E-state index >= 15 is 0 Å². The maximum absolute atomic E-state index is 3.53. The molecule has 2 rings (SSSR count). The van der Waals surface area contributed by atoms with Crippen LogP contribution < -0.4 is 5.32 Å². The van der Waals surface area contributed by atoms with Crippen molar-refractivity contribution >= 4 is 21.4 Å². The van der Waals surface area contributed by atoms with Crippen LogP contribution in [0.4, 0.5) is 0 Å². The van der Waals surface area contributed by atoms with Gasteiger partial charge >= 0.3 is 0 Å². The van der Waals surface area contributed by atoms with E-state index in [1.54, 1.807) is 0 Å². The van der Waals surface area contributed by atoms with Crippen LogP contribution in [0.1, 0.15) is 31.7 Å². The molecule has 1 N–H and O–H groups in total. The number of benzene rings is 1. The molecule has 0 saturated heterocycles. The SMILES string of the molecule is CC(C)=CCNC(C)c1cc2ccccc2s1. The predicted octanol–water partition coefficient (Wildman–Crippen LogP) is 4.52. The van der Waals surface area contributed by atoms with Gasteiger partial charge in [-0.1, -0.05) is 29.8 Å². The highest BCUT2D eigenvalue weighted by Crippen LogP contribution is 2.29. The van der Waals surface area contributed by atoms with Gasteiger partial charge in [0.1, 0.15) is 0 Å². The molecule has 0 bridgehead atoms. The quantitative estimate of drug-likeness (QED) is 0.781. The Hall–Kier alpha value is -1.12. The van der Waals surface area contributed by atoms with Crippen molar-refractivity contribution in [3.8, 4) is 0 Å². The Kier molecular flexibility index (Phi) is 3.97. The van der Waals surface area contributed by atoms with Gasteiger partial charge in [-0.2, -0.15) is 0 Å². The van der Waals surface area contributed by atoms with Gasteiger partial charge in [0.05, 0.1) is 0 Å². The highest BCUT2D eigenvalue weighted by molar-refractivity contribution is 7.19. The summed E-state index contributed by atoms with van der Waals surface area (Å²) >= 11 is 1.88. The fourth-order valence-corrected chi connectivity index (χ4v) is 2.85. The Balaban J connectivity index is 2.08. The lowest BCUT2D eigenvalue weighted by Crippen LogP contribution is -2.17. The van der Waals surface area contributed by atoms with Crippen molar-refractivity contribution in [1.29, 1.82) is 0 Å². The highest BCUT2D eigenvalue weighted by Gasteiger charge is 2.07. The molecule has 0 saturated carbocycles. The molecule has 1 heterocycles. The van der Waals surface area contributed by atoms with Gasteiger partial charge in [-0.15, -0.1) is 11.3 Å². The van der Waals surface area contributed by atoms with E-state index in [2.05, 4.69) is 62.5 Å². The van der Waals surface area contributed by atoms with Crippen molar-refractivity contribution in [2.45, 2.75) is 26.8 Å². The van der Waals surface area contributed by atoms with E-state index in [9.17, 15) is 0 Å². The number of rotatable bonds is 4. The van der Waals surface area contributed by atoms with Crippen LogP contribution in [0.3, 0.4) is 0 Å². The summed E-state index contributed by atoms with van der Waals surface area (Å²) in [6.07, 6.45) is 2.23. The summed E-state index contributed by atoms with van der Waals surface area (Å²) in [7, 11) is 0. The minimum atomic E-state index is 0.419. The first-order valence-electron chi connectivity index (χ1n) is 6.02. The Morgan fingerprint density at radius 1 is 1.35 bits per heavy atom. The lowest BCUT2D eigenvalue weighted by molar-refractivity contribution is 0.626. The van der Waals surface area contributed by atoms with Crippen LogP contribution in [0.2, 0.25) is 0 Å². The number of nitrogens with one attached hydrogen (secondary N) is 1. The monoisotopic (exact) mass is 245 g/mol. The Bertz CT molecular complexity index is 487. The van der Waals surface area contributed by atoms with Gasteiger partial charge in [0.2, 0.25) is 0 Å². The van der Waals surface area contributed by atoms with Crippen LogP contribution in [0.25, 0.3) is 10.1 Å². The van der Waals surface area contributed by atoms with Gasteiger partial charge in [0.25, 0.3) is 0 Å². The summed E-state index contributed by atoms with van der Waals surface area (Å²) < 4.78 is 1.37. The number of allylic oxidation sites excluding steroid dienone is 1. The first-order valence-corrected chi connectivity index (χ1v) is 6.83. The van der Waals surface area contributed by atoms with Crippen LogP contribution >= 0.6 is 11.3 Å². The first kappa shape index (κ1) is 12.3. The van der Waals surface area contributed by atoms with E-state index in [-0.39, 0.29) is 0 Å². The number of hydrogen-bond donors (Lipinski definition) is 1. The van der Waals surface area contributed by atoms with E-state index in [1.165, 1.54) is 20.5 Å². The molecule has 0 fully saturated rings. The number of thiophene rings is 1. The Morgan fingerprint density at radius 3 is 2.82 bits per heavy atom. The fourth-order valence-electron chi connectivity index (χ4n) is 1.76. The van der Waals surface area contributed by atoms with Gasteiger partial charge in [-0.05, 0) is 38.3 Å². The molecular formula is C15H19NS. The van der Waals surface area contributed by atoms with Gasteiger partial charge in [0.15, 0.2) is 0 Å². The average molecular weight is 245 g/mol. The second kappa shape index (κ2) is 5.48. The van der Waals surface area contributed by atoms with Crippen molar-refractivity contribution in [3.05, 3.63) is 46.9 Å². The number of fused-ring (bicyclic) bond motifs is 1. The van der Waals surface area contributed by atoms with Gasteiger partial charge < -0.3 is 5.32 Å². The molecule has 0 radical (unpaired) electrons. The minimum absolute atomic E-state index is 0.419. The van der Waals surface area contributed by atoms with Crippen molar-refractivity contribution in [2.24, 2.45) is 0 Å². The number of hydrogen-bond acceptors (Lipinski definition) is 2. The molecule has 2 heteroatoms. The standard InChI is InChI=1S/C15H19NS/c1-11(2)8-9-16-12(3)15-10-13-6-4-5-7-14(13)17-15/h4-8,10,12,16H,9H2,1-3H3. The highest BCUT2D eigenvalue weighted by atomic mass is 32.1. The van der Waals surface area contributed by atoms with Gasteiger partial charge in [0, 0.05) is 22.2 Å². The molecule has 0 aliphatic rings. The van der Waals surface area contributed by atoms with E-state index < -0.39 is 0 Å². The molecule has 0 aliphatic heterocycles. The zero-order chi connectivity index (χ0) is 12.3. The third-order valence-electron chi connectivity index (χ3n) is 2.81.